The average molecular weight is 222 g/mol. The van der Waals surface area contributed by atoms with Crippen molar-refractivity contribution in [2.75, 3.05) is 0 Å². The molecular weight excluding hydrogens is 212 g/mol. The summed E-state index contributed by atoms with van der Waals surface area (Å²) in [7, 11) is 0. The standard InChI is InChI=1S/C9H10N4OS/c1-6-2-3-15-8(6)5-10-9(14)7-4-11-13-12-7/h2-4H,5H2,1H3,(H,10,14)(H,11,12,13). The van der Waals surface area contributed by atoms with E-state index < -0.39 is 0 Å². The van der Waals surface area contributed by atoms with Crippen LogP contribution in [0.1, 0.15) is 20.9 Å². The molecule has 0 spiro atoms. The molecule has 78 valence electrons. The van der Waals surface area contributed by atoms with Crippen molar-refractivity contribution < 1.29 is 4.79 Å². The zero-order valence-electron chi connectivity index (χ0n) is 8.15. The van der Waals surface area contributed by atoms with Crippen LogP contribution in [0.4, 0.5) is 0 Å². The lowest BCUT2D eigenvalue weighted by Gasteiger charge is -2.01. The van der Waals surface area contributed by atoms with Gasteiger partial charge in [0.1, 0.15) is 0 Å². The number of hydrogen-bond donors (Lipinski definition) is 2. The molecule has 0 radical (unpaired) electrons. The van der Waals surface area contributed by atoms with E-state index in [9.17, 15) is 4.79 Å². The van der Waals surface area contributed by atoms with E-state index in [2.05, 4.69) is 20.7 Å². The maximum absolute atomic E-state index is 11.5. The van der Waals surface area contributed by atoms with Crippen molar-refractivity contribution in [2.45, 2.75) is 13.5 Å². The molecule has 0 aliphatic rings. The lowest BCUT2D eigenvalue weighted by Crippen LogP contribution is -2.22. The van der Waals surface area contributed by atoms with Gasteiger partial charge in [-0.1, -0.05) is 0 Å². The fraction of sp³-hybridized carbons (Fsp3) is 0.222. The van der Waals surface area contributed by atoms with Gasteiger partial charge >= 0.3 is 0 Å². The van der Waals surface area contributed by atoms with E-state index in [0.29, 0.717) is 12.2 Å². The third-order valence-corrected chi connectivity index (χ3v) is 3.05. The Balaban J connectivity index is 1.95. The second kappa shape index (κ2) is 4.22. The Bertz CT molecular complexity index is 448. The van der Waals surface area contributed by atoms with Crippen LogP contribution in [-0.4, -0.2) is 21.3 Å². The number of aromatic amines is 1. The van der Waals surface area contributed by atoms with Crippen molar-refractivity contribution in [1.82, 2.24) is 20.7 Å². The Labute approximate surface area is 90.5 Å². The molecule has 2 aromatic heterocycles. The lowest BCUT2D eigenvalue weighted by atomic mass is 10.3. The van der Waals surface area contributed by atoms with Crippen LogP contribution in [0.2, 0.25) is 0 Å². The van der Waals surface area contributed by atoms with Gasteiger partial charge in [-0.05, 0) is 23.9 Å². The molecular formula is C9H10N4OS. The molecule has 0 saturated carbocycles. The fourth-order valence-corrected chi connectivity index (χ4v) is 1.99. The first-order valence-corrected chi connectivity index (χ1v) is 5.32. The minimum absolute atomic E-state index is 0.212. The van der Waals surface area contributed by atoms with Gasteiger partial charge < -0.3 is 5.32 Å². The highest BCUT2D eigenvalue weighted by atomic mass is 32.1. The zero-order chi connectivity index (χ0) is 10.7. The molecule has 0 unspecified atom stereocenters. The first kappa shape index (κ1) is 9.85. The normalized spacial score (nSPS) is 10.2. The van der Waals surface area contributed by atoms with Crippen molar-refractivity contribution >= 4 is 17.2 Å². The van der Waals surface area contributed by atoms with Gasteiger partial charge in [-0.2, -0.15) is 15.4 Å². The van der Waals surface area contributed by atoms with Gasteiger partial charge in [0.15, 0.2) is 5.69 Å². The number of aryl methyl sites for hydroxylation is 1. The quantitative estimate of drug-likeness (QED) is 0.817. The van der Waals surface area contributed by atoms with Crippen molar-refractivity contribution in [3.63, 3.8) is 0 Å². The van der Waals surface area contributed by atoms with Crippen LogP contribution in [0.15, 0.2) is 17.6 Å². The smallest absolute Gasteiger partial charge is 0.273 e. The number of thiophene rings is 1. The van der Waals surface area contributed by atoms with Crippen molar-refractivity contribution in [2.24, 2.45) is 0 Å². The number of amides is 1. The van der Waals surface area contributed by atoms with E-state index in [1.165, 1.54) is 11.8 Å². The molecule has 0 aromatic carbocycles. The minimum Gasteiger partial charge on any atom is -0.346 e. The molecule has 15 heavy (non-hydrogen) atoms. The molecule has 0 aliphatic carbocycles. The molecule has 0 saturated heterocycles. The maximum Gasteiger partial charge on any atom is 0.273 e. The third kappa shape index (κ3) is 2.21. The number of hydrogen-bond acceptors (Lipinski definition) is 4. The summed E-state index contributed by atoms with van der Waals surface area (Å²) >= 11 is 1.63. The van der Waals surface area contributed by atoms with E-state index >= 15 is 0 Å². The van der Waals surface area contributed by atoms with E-state index in [1.54, 1.807) is 11.3 Å². The first-order valence-electron chi connectivity index (χ1n) is 4.44. The van der Waals surface area contributed by atoms with Crippen LogP contribution in [-0.2, 0) is 6.54 Å². The highest BCUT2D eigenvalue weighted by Crippen LogP contribution is 2.14. The van der Waals surface area contributed by atoms with Crippen molar-refractivity contribution in [1.29, 1.82) is 0 Å². The number of rotatable bonds is 3. The highest BCUT2D eigenvalue weighted by molar-refractivity contribution is 7.10. The summed E-state index contributed by atoms with van der Waals surface area (Å²) < 4.78 is 0. The van der Waals surface area contributed by atoms with Crippen LogP contribution in [0.3, 0.4) is 0 Å². The van der Waals surface area contributed by atoms with Gasteiger partial charge in [0.25, 0.3) is 5.91 Å². The van der Waals surface area contributed by atoms with Gasteiger partial charge in [-0.25, -0.2) is 0 Å². The SMILES string of the molecule is Cc1ccsc1CNC(=O)c1cn[nH]n1. The fourth-order valence-electron chi connectivity index (χ4n) is 1.15. The molecule has 2 rings (SSSR count). The second-order valence-corrected chi connectivity index (χ2v) is 4.07. The molecule has 2 aromatic rings. The Kier molecular flexibility index (Phi) is 2.77. The van der Waals surface area contributed by atoms with E-state index in [0.717, 1.165) is 4.88 Å². The molecule has 6 heteroatoms. The van der Waals surface area contributed by atoms with E-state index in [1.807, 2.05) is 18.4 Å². The van der Waals surface area contributed by atoms with Gasteiger partial charge in [-0.3, -0.25) is 4.79 Å². The van der Waals surface area contributed by atoms with Crippen LogP contribution in [0.5, 0.6) is 0 Å². The summed E-state index contributed by atoms with van der Waals surface area (Å²) in [5.74, 6) is -0.212. The molecule has 0 aliphatic heterocycles. The second-order valence-electron chi connectivity index (χ2n) is 3.06. The monoisotopic (exact) mass is 222 g/mol. The molecule has 1 amide bonds. The molecule has 5 nitrogen and oxygen atoms in total. The number of H-pyrrole nitrogens is 1. The van der Waals surface area contributed by atoms with Crippen LogP contribution in [0.25, 0.3) is 0 Å². The Morgan fingerprint density at radius 3 is 3.13 bits per heavy atom. The topological polar surface area (TPSA) is 70.7 Å². The Morgan fingerprint density at radius 1 is 1.67 bits per heavy atom. The summed E-state index contributed by atoms with van der Waals surface area (Å²) in [4.78, 5) is 12.6. The largest absolute Gasteiger partial charge is 0.346 e. The number of carbonyl (C=O) groups is 1. The predicted molar refractivity (Wildman–Crippen MR) is 56.6 cm³/mol. The third-order valence-electron chi connectivity index (χ3n) is 2.03. The number of nitrogens with zero attached hydrogens (tertiary/aromatic N) is 2. The van der Waals surface area contributed by atoms with Gasteiger partial charge in [-0.15, -0.1) is 11.3 Å². The number of carbonyl (C=O) groups excluding carboxylic acids is 1. The molecule has 2 N–H and O–H groups in total. The maximum atomic E-state index is 11.5. The van der Waals surface area contributed by atoms with Crippen molar-refractivity contribution in [3.05, 3.63) is 33.8 Å². The summed E-state index contributed by atoms with van der Waals surface area (Å²) in [6.45, 7) is 2.56. The van der Waals surface area contributed by atoms with Crippen LogP contribution in [0, 0.1) is 6.92 Å². The van der Waals surface area contributed by atoms with Crippen molar-refractivity contribution in [3.8, 4) is 0 Å². The van der Waals surface area contributed by atoms with Gasteiger partial charge in [0.05, 0.1) is 12.7 Å². The van der Waals surface area contributed by atoms with Crippen LogP contribution < -0.4 is 5.32 Å². The minimum atomic E-state index is -0.212. The lowest BCUT2D eigenvalue weighted by molar-refractivity contribution is 0.0946. The Hall–Kier alpha value is -1.69. The predicted octanol–water partition coefficient (Wildman–Crippen LogP) is 1.10. The van der Waals surface area contributed by atoms with E-state index in [-0.39, 0.29) is 5.91 Å². The average Bonchev–Trinajstić information content (AvgIpc) is 2.85. The first-order chi connectivity index (χ1) is 7.27. The van der Waals surface area contributed by atoms with Gasteiger partial charge in [0.2, 0.25) is 0 Å². The Morgan fingerprint density at radius 2 is 2.53 bits per heavy atom. The van der Waals surface area contributed by atoms with E-state index in [4.69, 9.17) is 0 Å². The molecule has 2 heterocycles. The zero-order valence-corrected chi connectivity index (χ0v) is 8.97. The van der Waals surface area contributed by atoms with Gasteiger partial charge in [0, 0.05) is 4.88 Å². The number of nitrogens with one attached hydrogen (secondary N) is 2. The van der Waals surface area contributed by atoms with Crippen LogP contribution >= 0.6 is 11.3 Å². The molecule has 0 atom stereocenters. The number of aromatic nitrogens is 3. The summed E-state index contributed by atoms with van der Waals surface area (Å²) in [6.07, 6.45) is 1.40. The molecule has 0 fully saturated rings. The molecule has 0 bridgehead atoms. The highest BCUT2D eigenvalue weighted by Gasteiger charge is 2.08. The summed E-state index contributed by atoms with van der Waals surface area (Å²) in [5.41, 5.74) is 1.50. The summed E-state index contributed by atoms with van der Waals surface area (Å²) in [6, 6.07) is 2.03. The summed E-state index contributed by atoms with van der Waals surface area (Å²) in [5, 5.41) is 14.4.